The van der Waals surface area contributed by atoms with Crippen LogP contribution in [0.25, 0.3) is 0 Å². The summed E-state index contributed by atoms with van der Waals surface area (Å²) in [6.45, 7) is 2.80. The van der Waals surface area contributed by atoms with Crippen LogP contribution < -0.4 is 5.32 Å². The van der Waals surface area contributed by atoms with Crippen LogP contribution in [0.2, 0.25) is 0 Å². The van der Waals surface area contributed by atoms with Crippen LogP contribution >= 0.6 is 24.0 Å². The summed E-state index contributed by atoms with van der Waals surface area (Å²) in [5, 5.41) is 7.68. The molecular weight excluding hydrogens is 401 g/mol. The van der Waals surface area contributed by atoms with Crippen molar-refractivity contribution in [3.05, 3.63) is 48.3 Å². The van der Waals surface area contributed by atoms with E-state index in [1.54, 1.807) is 0 Å². The van der Waals surface area contributed by atoms with Crippen molar-refractivity contribution in [3.63, 3.8) is 0 Å². The van der Waals surface area contributed by atoms with Crippen LogP contribution in [0.5, 0.6) is 0 Å². The highest BCUT2D eigenvalue weighted by molar-refractivity contribution is 14.0. The fourth-order valence-electron chi connectivity index (χ4n) is 2.69. The van der Waals surface area contributed by atoms with Crippen LogP contribution in [0.4, 0.5) is 5.69 Å². The molecule has 1 aliphatic heterocycles. The first kappa shape index (κ1) is 17.8. The molecule has 0 atom stereocenters. The molecule has 1 saturated heterocycles. The van der Waals surface area contributed by atoms with Crippen molar-refractivity contribution in [1.29, 1.82) is 0 Å². The van der Waals surface area contributed by atoms with Gasteiger partial charge in [-0.1, -0.05) is 18.2 Å². The molecule has 23 heavy (non-hydrogen) atoms. The number of hydrogen-bond acceptors (Lipinski definition) is 2. The van der Waals surface area contributed by atoms with Gasteiger partial charge in [0.15, 0.2) is 5.96 Å². The number of para-hydroxylation sites is 1. The first-order valence-corrected chi connectivity index (χ1v) is 7.90. The molecule has 0 bridgehead atoms. The van der Waals surface area contributed by atoms with Crippen LogP contribution in [-0.2, 0) is 13.6 Å². The largest absolute Gasteiger partial charge is 0.343 e. The van der Waals surface area contributed by atoms with E-state index in [2.05, 4.69) is 27.4 Å². The topological polar surface area (TPSA) is 45.5 Å². The molecule has 0 unspecified atom stereocenters. The molecule has 1 aromatic heterocycles. The van der Waals surface area contributed by atoms with Gasteiger partial charge in [0.05, 0.1) is 12.7 Å². The van der Waals surface area contributed by atoms with E-state index in [4.69, 9.17) is 4.99 Å². The van der Waals surface area contributed by atoms with Crippen molar-refractivity contribution >= 4 is 35.6 Å². The maximum absolute atomic E-state index is 4.80. The Bertz CT molecular complexity index is 617. The number of anilines is 1. The third-order valence-electron chi connectivity index (χ3n) is 3.86. The minimum Gasteiger partial charge on any atom is -0.343 e. The highest BCUT2D eigenvalue weighted by Crippen LogP contribution is 2.13. The Morgan fingerprint density at radius 1 is 1.17 bits per heavy atom. The number of nitrogens with one attached hydrogen (secondary N) is 1. The van der Waals surface area contributed by atoms with Gasteiger partial charge in [-0.3, -0.25) is 4.68 Å². The minimum atomic E-state index is 0. The second-order valence-electron chi connectivity index (χ2n) is 5.70. The predicted molar refractivity (Wildman–Crippen MR) is 105 cm³/mol. The van der Waals surface area contributed by atoms with Crippen LogP contribution in [0, 0.1) is 0 Å². The fraction of sp³-hybridized carbons (Fsp3) is 0.412. The zero-order chi connectivity index (χ0) is 15.2. The predicted octanol–water partition coefficient (Wildman–Crippen LogP) is 3.49. The van der Waals surface area contributed by atoms with E-state index in [0.717, 1.165) is 30.3 Å². The van der Waals surface area contributed by atoms with Gasteiger partial charge in [-0.15, -0.1) is 24.0 Å². The smallest absolute Gasteiger partial charge is 0.198 e. The van der Waals surface area contributed by atoms with Crippen LogP contribution in [-0.4, -0.2) is 33.7 Å². The zero-order valence-electron chi connectivity index (χ0n) is 13.5. The molecule has 5 nitrogen and oxygen atoms in total. The van der Waals surface area contributed by atoms with Crippen LogP contribution in [0.15, 0.2) is 47.7 Å². The van der Waals surface area contributed by atoms with Gasteiger partial charge < -0.3 is 10.2 Å². The Labute approximate surface area is 154 Å². The molecule has 2 aromatic rings. The number of likely N-dealkylation sites (tertiary alicyclic amines) is 1. The lowest BCUT2D eigenvalue weighted by Crippen LogP contribution is -2.40. The van der Waals surface area contributed by atoms with Crippen LogP contribution in [0.1, 0.15) is 24.8 Å². The number of aryl methyl sites for hydroxylation is 1. The van der Waals surface area contributed by atoms with Crippen molar-refractivity contribution in [1.82, 2.24) is 14.7 Å². The summed E-state index contributed by atoms with van der Waals surface area (Å²) in [5.74, 6) is 0.967. The van der Waals surface area contributed by atoms with E-state index in [9.17, 15) is 0 Å². The number of rotatable bonds is 3. The number of aliphatic imine (C=N–C) groups is 1. The SMILES string of the molecule is Cn1cc(CN=C(Nc2ccccc2)N2CCCCC2)cn1.I. The number of halogens is 1. The number of hydrogen-bond donors (Lipinski definition) is 1. The normalized spacial score (nSPS) is 15.2. The van der Waals surface area contributed by atoms with Gasteiger partial charge in [0.2, 0.25) is 0 Å². The first-order valence-electron chi connectivity index (χ1n) is 7.90. The summed E-state index contributed by atoms with van der Waals surface area (Å²) in [5.41, 5.74) is 2.21. The lowest BCUT2D eigenvalue weighted by Gasteiger charge is -2.30. The average Bonchev–Trinajstić information content (AvgIpc) is 2.99. The molecule has 6 heteroatoms. The van der Waals surface area contributed by atoms with E-state index < -0.39 is 0 Å². The van der Waals surface area contributed by atoms with Gasteiger partial charge in [0.1, 0.15) is 0 Å². The van der Waals surface area contributed by atoms with Crippen molar-refractivity contribution in [2.24, 2.45) is 12.0 Å². The third-order valence-corrected chi connectivity index (χ3v) is 3.86. The van der Waals surface area contributed by atoms with E-state index >= 15 is 0 Å². The average molecular weight is 425 g/mol. The van der Waals surface area contributed by atoms with Gasteiger partial charge in [-0.25, -0.2) is 4.99 Å². The Kier molecular flexibility index (Phi) is 6.88. The molecule has 1 aromatic carbocycles. The summed E-state index contributed by atoms with van der Waals surface area (Å²) < 4.78 is 1.82. The molecule has 0 spiro atoms. The Hall–Kier alpha value is -1.57. The van der Waals surface area contributed by atoms with E-state index in [-0.39, 0.29) is 24.0 Å². The minimum absolute atomic E-state index is 0. The maximum atomic E-state index is 4.80. The quantitative estimate of drug-likeness (QED) is 0.465. The molecular formula is C17H24IN5. The highest BCUT2D eigenvalue weighted by Gasteiger charge is 2.15. The Morgan fingerprint density at radius 2 is 1.91 bits per heavy atom. The standard InChI is InChI=1S/C17H23N5.HI/c1-21-14-15(13-19-21)12-18-17(22-10-6-3-7-11-22)20-16-8-4-2-5-9-16;/h2,4-5,8-9,13-14H,3,6-7,10-12H2,1H3,(H,18,20);1H. The summed E-state index contributed by atoms with van der Waals surface area (Å²) in [4.78, 5) is 7.16. The summed E-state index contributed by atoms with van der Waals surface area (Å²) in [6.07, 6.45) is 7.68. The second-order valence-corrected chi connectivity index (χ2v) is 5.70. The Morgan fingerprint density at radius 3 is 2.57 bits per heavy atom. The molecule has 0 aliphatic carbocycles. The lowest BCUT2D eigenvalue weighted by atomic mass is 10.1. The molecule has 1 N–H and O–H groups in total. The monoisotopic (exact) mass is 425 g/mol. The fourth-order valence-corrected chi connectivity index (χ4v) is 2.69. The molecule has 1 aliphatic rings. The molecule has 0 radical (unpaired) electrons. The molecule has 0 amide bonds. The number of benzene rings is 1. The summed E-state index contributed by atoms with van der Waals surface area (Å²) >= 11 is 0. The van der Waals surface area contributed by atoms with Gasteiger partial charge in [-0.2, -0.15) is 5.10 Å². The van der Waals surface area contributed by atoms with Crippen molar-refractivity contribution in [3.8, 4) is 0 Å². The molecule has 1 fully saturated rings. The highest BCUT2D eigenvalue weighted by atomic mass is 127. The molecule has 2 heterocycles. The van der Waals surface area contributed by atoms with Gasteiger partial charge in [0, 0.05) is 37.6 Å². The molecule has 0 saturated carbocycles. The third kappa shape index (κ3) is 5.23. The second kappa shape index (κ2) is 8.90. The Balaban J connectivity index is 0.00000192. The summed E-state index contributed by atoms with van der Waals surface area (Å²) in [7, 11) is 1.93. The maximum Gasteiger partial charge on any atom is 0.198 e. The zero-order valence-corrected chi connectivity index (χ0v) is 15.8. The van der Waals surface area contributed by atoms with Crippen molar-refractivity contribution in [2.45, 2.75) is 25.8 Å². The number of nitrogens with zero attached hydrogens (tertiary/aromatic N) is 4. The van der Waals surface area contributed by atoms with Gasteiger partial charge in [-0.05, 0) is 31.4 Å². The van der Waals surface area contributed by atoms with Crippen LogP contribution in [0.3, 0.4) is 0 Å². The number of piperidine rings is 1. The molecule has 124 valence electrons. The van der Waals surface area contributed by atoms with Crippen molar-refractivity contribution < 1.29 is 0 Å². The number of guanidine groups is 1. The van der Waals surface area contributed by atoms with E-state index in [1.807, 2.05) is 42.3 Å². The van der Waals surface area contributed by atoms with E-state index in [1.165, 1.54) is 19.3 Å². The first-order chi connectivity index (χ1) is 10.8. The number of aromatic nitrogens is 2. The summed E-state index contributed by atoms with van der Waals surface area (Å²) in [6, 6.07) is 10.3. The van der Waals surface area contributed by atoms with Gasteiger partial charge in [0.25, 0.3) is 0 Å². The molecule has 3 rings (SSSR count). The lowest BCUT2D eigenvalue weighted by molar-refractivity contribution is 0.340. The van der Waals surface area contributed by atoms with E-state index in [0.29, 0.717) is 6.54 Å². The van der Waals surface area contributed by atoms with Gasteiger partial charge >= 0.3 is 0 Å². The van der Waals surface area contributed by atoms with Crippen molar-refractivity contribution in [2.75, 3.05) is 18.4 Å².